The normalized spacial score (nSPS) is 27.9. The summed E-state index contributed by atoms with van der Waals surface area (Å²) in [6, 6.07) is 5.32. The highest BCUT2D eigenvalue weighted by molar-refractivity contribution is 5.87. The van der Waals surface area contributed by atoms with Crippen LogP contribution in [0.25, 0.3) is 5.57 Å². The van der Waals surface area contributed by atoms with Crippen molar-refractivity contribution >= 4 is 17.2 Å². The van der Waals surface area contributed by atoms with Gasteiger partial charge in [-0.1, -0.05) is 12.1 Å². The number of benzene rings is 1. The van der Waals surface area contributed by atoms with E-state index in [0.29, 0.717) is 0 Å². The largest absolute Gasteiger partial charge is 0.467 e. The summed E-state index contributed by atoms with van der Waals surface area (Å²) in [5.41, 5.74) is -2.07. The van der Waals surface area contributed by atoms with Crippen LogP contribution in [-0.2, 0) is 9.53 Å². The fraction of sp³-hybridized carbons (Fsp3) is 0.357. The zero-order valence-corrected chi connectivity index (χ0v) is 11.7. The van der Waals surface area contributed by atoms with E-state index >= 15 is 0 Å². The van der Waals surface area contributed by atoms with Crippen molar-refractivity contribution in [2.45, 2.75) is 24.2 Å². The van der Waals surface area contributed by atoms with Crippen LogP contribution in [-0.4, -0.2) is 51.1 Å². The lowest BCUT2D eigenvalue weighted by molar-refractivity contribution is -0.384. The van der Waals surface area contributed by atoms with Gasteiger partial charge in [0.1, 0.15) is 6.10 Å². The van der Waals surface area contributed by atoms with Crippen LogP contribution >= 0.6 is 0 Å². The van der Waals surface area contributed by atoms with Gasteiger partial charge in [-0.2, -0.15) is 0 Å². The van der Waals surface area contributed by atoms with Crippen molar-refractivity contribution in [1.82, 2.24) is 0 Å². The minimum atomic E-state index is -2.10. The van der Waals surface area contributed by atoms with E-state index in [2.05, 4.69) is 4.74 Å². The Morgan fingerprint density at radius 3 is 2.73 bits per heavy atom. The first-order chi connectivity index (χ1) is 10.3. The van der Waals surface area contributed by atoms with Crippen LogP contribution in [0.1, 0.15) is 12.0 Å². The molecule has 1 aromatic carbocycles. The van der Waals surface area contributed by atoms with Crippen molar-refractivity contribution in [2.24, 2.45) is 0 Å². The Morgan fingerprint density at radius 1 is 1.45 bits per heavy atom. The van der Waals surface area contributed by atoms with E-state index in [4.69, 9.17) is 0 Å². The molecule has 2 rings (SSSR count). The lowest BCUT2D eigenvalue weighted by Gasteiger charge is -2.34. The molecule has 0 radical (unpaired) electrons. The van der Waals surface area contributed by atoms with Crippen molar-refractivity contribution < 1.29 is 29.8 Å². The molecule has 118 valence electrons. The van der Waals surface area contributed by atoms with Gasteiger partial charge in [-0.05, 0) is 17.2 Å². The van der Waals surface area contributed by atoms with Gasteiger partial charge in [0.15, 0.2) is 5.60 Å². The smallest absolute Gasteiger partial charge is 0.342 e. The number of rotatable bonds is 3. The van der Waals surface area contributed by atoms with Crippen LogP contribution < -0.4 is 0 Å². The van der Waals surface area contributed by atoms with Crippen molar-refractivity contribution in [2.75, 3.05) is 7.11 Å². The molecule has 0 aromatic heterocycles. The molecule has 8 nitrogen and oxygen atoms in total. The lowest BCUT2D eigenvalue weighted by Crippen LogP contribution is -2.48. The highest BCUT2D eigenvalue weighted by atomic mass is 16.6. The first kappa shape index (κ1) is 16.1. The number of hydrogen-bond acceptors (Lipinski definition) is 7. The number of aliphatic hydroxyl groups is 3. The molecule has 0 heterocycles. The topological polar surface area (TPSA) is 130 Å². The second kappa shape index (κ2) is 5.84. The average molecular weight is 309 g/mol. The maximum absolute atomic E-state index is 11.7. The molecule has 8 heteroatoms. The second-order valence-electron chi connectivity index (χ2n) is 5.04. The number of non-ortho nitro benzene ring substituents is 1. The van der Waals surface area contributed by atoms with Crippen LogP contribution in [0, 0.1) is 10.1 Å². The summed E-state index contributed by atoms with van der Waals surface area (Å²) in [5.74, 6) is -0.985. The van der Waals surface area contributed by atoms with Gasteiger partial charge in [-0.25, -0.2) is 4.79 Å². The molecular formula is C14H15NO7. The number of aliphatic hydroxyl groups excluding tert-OH is 2. The zero-order valence-electron chi connectivity index (χ0n) is 11.7. The molecule has 3 N–H and O–H groups in total. The van der Waals surface area contributed by atoms with Crippen LogP contribution in [0.4, 0.5) is 5.69 Å². The number of nitro groups is 1. The summed E-state index contributed by atoms with van der Waals surface area (Å²) < 4.78 is 4.49. The summed E-state index contributed by atoms with van der Waals surface area (Å²) in [6.45, 7) is 0. The number of hydrogen-bond donors (Lipinski definition) is 3. The maximum Gasteiger partial charge on any atom is 0.342 e. The maximum atomic E-state index is 11.7. The monoisotopic (exact) mass is 309 g/mol. The summed E-state index contributed by atoms with van der Waals surface area (Å²) >= 11 is 0. The first-order valence-electron chi connectivity index (χ1n) is 6.43. The summed E-state index contributed by atoms with van der Waals surface area (Å²) in [4.78, 5) is 21.9. The van der Waals surface area contributed by atoms with Gasteiger partial charge < -0.3 is 20.1 Å². The summed E-state index contributed by atoms with van der Waals surface area (Å²) in [6.07, 6.45) is -2.16. The molecule has 0 unspecified atom stereocenters. The van der Waals surface area contributed by atoms with Gasteiger partial charge in [0.05, 0.1) is 18.1 Å². The van der Waals surface area contributed by atoms with Gasteiger partial charge >= 0.3 is 5.97 Å². The van der Waals surface area contributed by atoms with Crippen molar-refractivity contribution in [3.63, 3.8) is 0 Å². The Hall–Kier alpha value is -2.29. The fourth-order valence-corrected chi connectivity index (χ4v) is 2.41. The third-order valence-electron chi connectivity index (χ3n) is 3.53. The molecule has 0 spiro atoms. The number of carbonyl (C=O) groups is 1. The predicted molar refractivity (Wildman–Crippen MR) is 74.7 cm³/mol. The zero-order chi connectivity index (χ0) is 16.5. The van der Waals surface area contributed by atoms with Gasteiger partial charge in [-0.15, -0.1) is 0 Å². The minimum Gasteiger partial charge on any atom is -0.467 e. The van der Waals surface area contributed by atoms with Gasteiger partial charge in [0, 0.05) is 18.6 Å². The van der Waals surface area contributed by atoms with Crippen molar-refractivity contribution in [1.29, 1.82) is 0 Å². The van der Waals surface area contributed by atoms with E-state index in [9.17, 15) is 30.2 Å². The predicted octanol–water partition coefficient (Wildman–Crippen LogP) is 0.00780. The SMILES string of the molecule is COC(=O)[C@]1(O)C=C(c2cccc([N+](=O)[O-])c2)[C@@H](O)[C@H](O)C1. The molecule has 0 saturated carbocycles. The van der Waals surface area contributed by atoms with Crippen LogP contribution in [0.3, 0.4) is 0 Å². The van der Waals surface area contributed by atoms with E-state index < -0.39 is 35.1 Å². The Balaban J connectivity index is 2.53. The van der Waals surface area contributed by atoms with Crippen molar-refractivity contribution in [3.8, 4) is 0 Å². The molecule has 0 aliphatic heterocycles. The number of ether oxygens (including phenoxy) is 1. The third-order valence-corrected chi connectivity index (χ3v) is 3.53. The molecule has 0 saturated heterocycles. The number of carbonyl (C=O) groups excluding carboxylic acids is 1. The Bertz CT molecular complexity index is 642. The van der Waals surface area contributed by atoms with E-state index in [-0.39, 0.29) is 16.8 Å². The summed E-state index contributed by atoms with van der Waals surface area (Å²) in [7, 11) is 1.08. The van der Waals surface area contributed by atoms with Crippen LogP contribution in [0.2, 0.25) is 0 Å². The third kappa shape index (κ3) is 2.84. The molecular weight excluding hydrogens is 294 g/mol. The lowest BCUT2D eigenvalue weighted by atomic mass is 9.80. The quantitative estimate of drug-likeness (QED) is 0.407. The number of methoxy groups -OCH3 is 1. The Morgan fingerprint density at radius 2 is 2.14 bits per heavy atom. The Kier molecular flexibility index (Phi) is 4.27. The van der Waals surface area contributed by atoms with Crippen LogP contribution in [0.5, 0.6) is 0 Å². The van der Waals surface area contributed by atoms with E-state index in [1.54, 1.807) is 0 Å². The van der Waals surface area contributed by atoms with Gasteiger partial charge in [0.25, 0.3) is 5.69 Å². The molecule has 1 aliphatic carbocycles. The molecule has 0 amide bonds. The molecule has 1 aliphatic rings. The highest BCUT2D eigenvalue weighted by Crippen LogP contribution is 2.34. The minimum absolute atomic E-state index is 0.0235. The molecule has 0 bridgehead atoms. The molecule has 0 fully saturated rings. The number of nitrogens with zero attached hydrogens (tertiary/aromatic N) is 1. The highest BCUT2D eigenvalue weighted by Gasteiger charge is 2.44. The molecule has 3 atom stereocenters. The van der Waals surface area contributed by atoms with E-state index in [0.717, 1.165) is 13.2 Å². The standard InChI is InChI=1S/C14H15NO7/c1-22-13(18)14(19)6-10(12(17)11(16)7-14)8-3-2-4-9(5-8)15(20)21/h2-6,11-12,16-17,19H,7H2,1H3/t11-,12-,14+/m1/s1. The molecule has 22 heavy (non-hydrogen) atoms. The average Bonchev–Trinajstić information content (AvgIpc) is 2.50. The van der Waals surface area contributed by atoms with Crippen LogP contribution in [0.15, 0.2) is 30.3 Å². The summed E-state index contributed by atoms with van der Waals surface area (Å²) in [5, 5.41) is 41.0. The number of esters is 1. The fourth-order valence-electron chi connectivity index (χ4n) is 2.41. The number of nitro benzene ring substituents is 1. The molecule has 1 aromatic rings. The Labute approximate surface area is 125 Å². The first-order valence-corrected chi connectivity index (χ1v) is 6.43. The van der Waals surface area contributed by atoms with E-state index in [1.165, 1.54) is 24.3 Å². The van der Waals surface area contributed by atoms with E-state index in [1.807, 2.05) is 0 Å². The van der Waals surface area contributed by atoms with Crippen molar-refractivity contribution in [3.05, 3.63) is 46.0 Å². The van der Waals surface area contributed by atoms with Gasteiger partial charge in [0.2, 0.25) is 0 Å². The second-order valence-corrected chi connectivity index (χ2v) is 5.04. The van der Waals surface area contributed by atoms with Gasteiger partial charge in [-0.3, -0.25) is 10.1 Å².